The summed E-state index contributed by atoms with van der Waals surface area (Å²) in [6.45, 7) is 6.44. The average molecular weight is 522 g/mol. The van der Waals surface area contributed by atoms with Crippen LogP contribution in [0, 0.1) is 0 Å². The molecular weight excluding hydrogens is 490 g/mol. The summed E-state index contributed by atoms with van der Waals surface area (Å²) in [6.07, 6.45) is 0.715. The van der Waals surface area contributed by atoms with Crippen LogP contribution in [-0.2, 0) is 10.1 Å². The second-order valence-electron chi connectivity index (χ2n) is 7.53. The molecule has 0 saturated heterocycles. The molecule has 0 aliphatic heterocycles. The molecule has 1 heterocycles. The van der Waals surface area contributed by atoms with Gasteiger partial charge in [0.15, 0.2) is 11.5 Å². The van der Waals surface area contributed by atoms with E-state index in [9.17, 15) is 23.4 Å². The molecule has 196 valence electrons. The van der Waals surface area contributed by atoms with Gasteiger partial charge in [0.1, 0.15) is 5.82 Å². The van der Waals surface area contributed by atoms with Crippen LogP contribution < -0.4 is 20.3 Å². The molecule has 0 aliphatic carbocycles. The normalized spacial score (nSPS) is 10.8. The highest BCUT2D eigenvalue weighted by atomic mass is 32.2. The van der Waals surface area contributed by atoms with Gasteiger partial charge in [-0.3, -0.25) is 9.35 Å². The summed E-state index contributed by atoms with van der Waals surface area (Å²) in [6, 6.07) is 10.2. The van der Waals surface area contributed by atoms with Gasteiger partial charge >= 0.3 is 0 Å². The molecule has 5 N–H and O–H groups in total. The van der Waals surface area contributed by atoms with Gasteiger partial charge in [0.05, 0.1) is 18.9 Å². The summed E-state index contributed by atoms with van der Waals surface area (Å²) >= 11 is 0. The number of ether oxygens (including phenoxy) is 1. The van der Waals surface area contributed by atoms with Crippen molar-refractivity contribution in [1.29, 1.82) is 0 Å². The highest BCUT2D eigenvalue weighted by molar-refractivity contribution is 7.85. The maximum Gasteiger partial charge on any atom is 0.261 e. The first-order chi connectivity index (χ1) is 17.0. The van der Waals surface area contributed by atoms with Crippen LogP contribution in [0.5, 0.6) is 17.2 Å². The predicted octanol–water partition coefficient (Wildman–Crippen LogP) is 2.24. The number of hydrogen-bond acceptors (Lipinski definition) is 10. The molecule has 36 heavy (non-hydrogen) atoms. The standard InChI is InChI=1S/C22H27N5O4.CH4O3S/c1-4-27(5-2)22-25-16-9-7-6-8-15(16)20(26-22)23-10-11-24-21(30)14-12-17(28)19(31-3)18(29)13-14;1-5(2,3)4/h6-9,12-13,28-29H,4-5,10-11H2,1-3H3,(H,24,30)(H,23,25,26);1H3,(H,2,3,4). The number of amides is 1. The summed E-state index contributed by atoms with van der Waals surface area (Å²) in [5.74, 6) is 0.245. The molecule has 12 nitrogen and oxygen atoms in total. The van der Waals surface area contributed by atoms with Crippen molar-refractivity contribution < 1.29 is 32.7 Å². The van der Waals surface area contributed by atoms with Gasteiger partial charge in [-0.05, 0) is 38.1 Å². The fourth-order valence-corrected chi connectivity index (χ4v) is 3.24. The minimum absolute atomic E-state index is 0.0714. The molecule has 0 spiro atoms. The average Bonchev–Trinajstić information content (AvgIpc) is 2.81. The Kier molecular flexibility index (Phi) is 10.1. The topological polar surface area (TPSA) is 174 Å². The van der Waals surface area contributed by atoms with Crippen molar-refractivity contribution in [2.24, 2.45) is 0 Å². The van der Waals surface area contributed by atoms with E-state index in [2.05, 4.69) is 39.3 Å². The first-order valence-electron chi connectivity index (χ1n) is 11.0. The van der Waals surface area contributed by atoms with Crippen molar-refractivity contribution in [3.63, 3.8) is 0 Å². The van der Waals surface area contributed by atoms with Crippen molar-refractivity contribution in [2.75, 3.05) is 49.8 Å². The van der Waals surface area contributed by atoms with Gasteiger partial charge in [-0.1, -0.05) is 12.1 Å². The van der Waals surface area contributed by atoms with Gasteiger partial charge < -0.3 is 30.5 Å². The maximum atomic E-state index is 12.4. The first kappa shape index (κ1) is 28.4. The van der Waals surface area contributed by atoms with Crippen molar-refractivity contribution in [2.45, 2.75) is 13.8 Å². The van der Waals surface area contributed by atoms with Crippen molar-refractivity contribution in [3.05, 3.63) is 42.0 Å². The largest absolute Gasteiger partial charge is 0.504 e. The Morgan fingerprint density at radius 3 is 2.19 bits per heavy atom. The van der Waals surface area contributed by atoms with Gasteiger partial charge in [0.2, 0.25) is 11.7 Å². The van der Waals surface area contributed by atoms with E-state index >= 15 is 0 Å². The number of phenols is 2. The molecule has 0 bridgehead atoms. The number of methoxy groups -OCH3 is 1. The molecule has 0 unspecified atom stereocenters. The number of benzene rings is 2. The molecule has 0 saturated carbocycles. The Balaban J connectivity index is 0.000000830. The number of para-hydroxylation sites is 1. The quantitative estimate of drug-likeness (QED) is 0.206. The number of carbonyl (C=O) groups is 1. The Bertz CT molecular complexity index is 1270. The number of phenolic OH excluding ortho intramolecular Hbond substituents is 2. The number of aromatic nitrogens is 2. The zero-order valence-corrected chi connectivity index (χ0v) is 21.3. The van der Waals surface area contributed by atoms with Crippen LogP contribution in [0.15, 0.2) is 36.4 Å². The van der Waals surface area contributed by atoms with E-state index in [0.29, 0.717) is 31.1 Å². The second kappa shape index (κ2) is 12.7. The summed E-state index contributed by atoms with van der Waals surface area (Å²) in [5.41, 5.74) is 0.974. The van der Waals surface area contributed by atoms with Gasteiger partial charge in [0, 0.05) is 37.1 Å². The molecule has 13 heteroatoms. The molecular formula is C23H31N5O7S. The van der Waals surface area contributed by atoms with Crippen molar-refractivity contribution >= 4 is 38.7 Å². The zero-order chi connectivity index (χ0) is 26.9. The van der Waals surface area contributed by atoms with Crippen LogP contribution >= 0.6 is 0 Å². The molecule has 0 atom stereocenters. The number of rotatable bonds is 9. The van der Waals surface area contributed by atoms with Crippen LogP contribution in [-0.4, -0.2) is 78.6 Å². The van der Waals surface area contributed by atoms with Gasteiger partial charge in [-0.2, -0.15) is 13.4 Å². The number of fused-ring (bicyclic) bond motifs is 1. The van der Waals surface area contributed by atoms with E-state index in [0.717, 1.165) is 24.0 Å². The van der Waals surface area contributed by atoms with E-state index in [1.807, 2.05) is 24.3 Å². The smallest absolute Gasteiger partial charge is 0.261 e. The Labute approximate surface area is 209 Å². The highest BCUT2D eigenvalue weighted by Gasteiger charge is 2.15. The van der Waals surface area contributed by atoms with Crippen molar-refractivity contribution in [3.8, 4) is 17.2 Å². The summed E-state index contributed by atoms with van der Waals surface area (Å²) in [4.78, 5) is 23.8. The van der Waals surface area contributed by atoms with Gasteiger partial charge in [0.25, 0.3) is 16.0 Å². The third-order valence-corrected chi connectivity index (χ3v) is 4.86. The monoisotopic (exact) mass is 521 g/mol. The molecule has 1 aromatic heterocycles. The third-order valence-electron chi connectivity index (χ3n) is 4.86. The van der Waals surface area contributed by atoms with E-state index in [1.54, 1.807) is 0 Å². The molecule has 0 radical (unpaired) electrons. The van der Waals surface area contributed by atoms with Crippen LogP contribution in [0.4, 0.5) is 11.8 Å². The molecule has 3 rings (SSSR count). The molecule has 0 aliphatic rings. The van der Waals surface area contributed by atoms with E-state index in [-0.39, 0.29) is 22.8 Å². The van der Waals surface area contributed by atoms with Gasteiger partial charge in [-0.15, -0.1) is 0 Å². The number of nitrogens with one attached hydrogen (secondary N) is 2. The fourth-order valence-electron chi connectivity index (χ4n) is 3.24. The third kappa shape index (κ3) is 8.13. The van der Waals surface area contributed by atoms with Crippen LogP contribution in [0.3, 0.4) is 0 Å². The maximum absolute atomic E-state index is 12.4. The summed E-state index contributed by atoms with van der Waals surface area (Å²) in [5, 5.41) is 26.6. The summed E-state index contributed by atoms with van der Waals surface area (Å²) < 4.78 is 30.7. The zero-order valence-electron chi connectivity index (χ0n) is 20.5. The van der Waals surface area contributed by atoms with Gasteiger partial charge in [-0.25, -0.2) is 4.98 Å². The number of anilines is 2. The Morgan fingerprint density at radius 2 is 1.64 bits per heavy atom. The molecule has 3 aromatic rings. The number of hydrogen-bond donors (Lipinski definition) is 5. The Hall–Kier alpha value is -3.84. The van der Waals surface area contributed by atoms with Crippen LogP contribution in [0.1, 0.15) is 24.2 Å². The number of carbonyl (C=O) groups excluding carboxylic acids is 1. The number of nitrogens with zero attached hydrogens (tertiary/aromatic N) is 3. The Morgan fingerprint density at radius 1 is 1.06 bits per heavy atom. The molecule has 2 aromatic carbocycles. The van der Waals surface area contributed by atoms with E-state index in [4.69, 9.17) is 9.29 Å². The first-order valence-corrected chi connectivity index (χ1v) is 12.9. The SMILES string of the molecule is CCN(CC)c1nc(NCCNC(=O)c2cc(O)c(OC)c(O)c2)c2ccccc2n1.CS(=O)(=O)O. The van der Waals surface area contributed by atoms with E-state index in [1.165, 1.54) is 19.2 Å². The lowest BCUT2D eigenvalue weighted by molar-refractivity contribution is 0.0954. The lowest BCUT2D eigenvalue weighted by atomic mass is 10.1. The fraction of sp³-hybridized carbons (Fsp3) is 0.348. The van der Waals surface area contributed by atoms with Crippen LogP contribution in [0.25, 0.3) is 10.9 Å². The summed E-state index contributed by atoms with van der Waals surface area (Å²) in [7, 11) is -2.34. The molecule has 0 fully saturated rings. The van der Waals surface area contributed by atoms with Crippen LogP contribution in [0.2, 0.25) is 0 Å². The number of aromatic hydroxyl groups is 2. The second-order valence-corrected chi connectivity index (χ2v) is 8.99. The highest BCUT2D eigenvalue weighted by Crippen LogP contribution is 2.36. The predicted molar refractivity (Wildman–Crippen MR) is 138 cm³/mol. The minimum atomic E-state index is -3.67. The van der Waals surface area contributed by atoms with E-state index < -0.39 is 16.0 Å². The lowest BCUT2D eigenvalue weighted by Gasteiger charge is -2.20. The van der Waals surface area contributed by atoms with Crippen molar-refractivity contribution in [1.82, 2.24) is 15.3 Å². The lowest BCUT2D eigenvalue weighted by Crippen LogP contribution is -2.29. The minimum Gasteiger partial charge on any atom is -0.504 e. The molecule has 1 amide bonds.